The Kier molecular flexibility index (Phi) is 6.56. The largest absolute Gasteiger partial charge is 0.411 e. The third-order valence-electron chi connectivity index (χ3n) is 2.82. The minimum Gasteiger partial charge on any atom is -0.411 e. The molecule has 1 rings (SSSR count). The van der Waals surface area contributed by atoms with Gasteiger partial charge in [-0.15, -0.1) is 0 Å². The van der Waals surface area contributed by atoms with E-state index >= 15 is 0 Å². The van der Waals surface area contributed by atoms with Gasteiger partial charge in [-0.3, -0.25) is 4.79 Å². The van der Waals surface area contributed by atoms with E-state index in [1.807, 2.05) is 0 Å². The third kappa shape index (κ3) is 5.70. The molecule has 0 saturated carbocycles. The molecule has 0 aromatic rings. The first-order chi connectivity index (χ1) is 7.83. The molecule has 2 N–H and O–H groups in total. The molecule has 1 amide bonds. The van der Waals surface area contributed by atoms with Crippen molar-refractivity contribution in [2.75, 3.05) is 26.2 Å². The normalized spacial score (nSPS) is 18.5. The van der Waals surface area contributed by atoms with Gasteiger partial charge in [0.15, 0.2) is 0 Å². The average Bonchev–Trinajstić information content (AvgIpc) is 2.53. The van der Waals surface area contributed by atoms with Crippen LogP contribution >= 0.6 is 0 Å². The lowest BCUT2D eigenvalue weighted by atomic mass is 10.2. The summed E-state index contributed by atoms with van der Waals surface area (Å²) in [6.45, 7) is 4.05. The van der Waals surface area contributed by atoms with E-state index in [9.17, 15) is 4.79 Å². The molecule has 92 valence electrons. The summed E-state index contributed by atoms with van der Waals surface area (Å²) in [5.74, 6) is -0.335. The Bertz CT molecular complexity index is 223. The van der Waals surface area contributed by atoms with E-state index in [4.69, 9.17) is 5.21 Å². The number of nitrogens with one attached hydrogen (secondary N) is 1. The Hall–Kier alpha value is -1.10. The van der Waals surface area contributed by atoms with Gasteiger partial charge in [-0.25, -0.2) is 0 Å². The van der Waals surface area contributed by atoms with E-state index in [2.05, 4.69) is 15.4 Å². The topological polar surface area (TPSA) is 64.9 Å². The number of carbonyl (C=O) groups is 1. The third-order valence-corrected chi connectivity index (χ3v) is 2.82. The molecule has 1 aliphatic rings. The summed E-state index contributed by atoms with van der Waals surface area (Å²) in [6.07, 6.45) is 7.12. The summed E-state index contributed by atoms with van der Waals surface area (Å²) >= 11 is 0. The van der Waals surface area contributed by atoms with Crippen LogP contribution in [0.2, 0.25) is 0 Å². The van der Waals surface area contributed by atoms with Crippen molar-refractivity contribution in [2.24, 2.45) is 5.16 Å². The van der Waals surface area contributed by atoms with Crippen LogP contribution in [0.3, 0.4) is 0 Å². The SMILES string of the molecule is O=C(/C=N/O)NCCCN1CCCCCC1. The standard InChI is InChI=1S/C11H21N3O2/c15-11(10-13-16)12-6-5-9-14-7-3-1-2-4-8-14/h10,16H,1-9H2,(H,12,15)/b13-10+. The summed E-state index contributed by atoms with van der Waals surface area (Å²) in [5, 5.41) is 13.5. The fourth-order valence-electron chi connectivity index (χ4n) is 1.97. The molecule has 0 radical (unpaired) electrons. The zero-order valence-corrected chi connectivity index (χ0v) is 9.69. The first-order valence-electron chi connectivity index (χ1n) is 6.00. The van der Waals surface area contributed by atoms with Crippen molar-refractivity contribution in [2.45, 2.75) is 32.1 Å². The summed E-state index contributed by atoms with van der Waals surface area (Å²) in [5.41, 5.74) is 0. The smallest absolute Gasteiger partial charge is 0.265 e. The summed E-state index contributed by atoms with van der Waals surface area (Å²) < 4.78 is 0. The van der Waals surface area contributed by atoms with Crippen LogP contribution in [0, 0.1) is 0 Å². The molecule has 0 aliphatic carbocycles. The van der Waals surface area contributed by atoms with E-state index in [0.29, 0.717) is 6.54 Å². The van der Waals surface area contributed by atoms with Gasteiger partial charge in [0.2, 0.25) is 0 Å². The second-order valence-electron chi connectivity index (χ2n) is 4.15. The zero-order valence-electron chi connectivity index (χ0n) is 9.69. The second-order valence-corrected chi connectivity index (χ2v) is 4.15. The van der Waals surface area contributed by atoms with Crippen LogP contribution in [0.25, 0.3) is 0 Å². The van der Waals surface area contributed by atoms with Gasteiger partial charge >= 0.3 is 0 Å². The lowest BCUT2D eigenvalue weighted by molar-refractivity contribution is -0.114. The maximum atomic E-state index is 10.9. The number of nitrogens with zero attached hydrogens (tertiary/aromatic N) is 2. The van der Waals surface area contributed by atoms with Crippen LogP contribution in [0.1, 0.15) is 32.1 Å². The first-order valence-corrected chi connectivity index (χ1v) is 6.00. The molecule has 5 nitrogen and oxygen atoms in total. The van der Waals surface area contributed by atoms with Crippen molar-refractivity contribution in [3.8, 4) is 0 Å². The van der Waals surface area contributed by atoms with E-state index in [1.54, 1.807) is 0 Å². The van der Waals surface area contributed by atoms with Gasteiger partial charge in [-0.05, 0) is 38.9 Å². The molecule has 1 aliphatic heterocycles. The number of hydrogen-bond acceptors (Lipinski definition) is 4. The molecule has 1 saturated heterocycles. The Morgan fingerprint density at radius 1 is 1.31 bits per heavy atom. The highest BCUT2D eigenvalue weighted by atomic mass is 16.4. The van der Waals surface area contributed by atoms with E-state index in [1.165, 1.54) is 38.8 Å². The van der Waals surface area contributed by atoms with Gasteiger partial charge in [0.25, 0.3) is 5.91 Å². The van der Waals surface area contributed by atoms with E-state index < -0.39 is 0 Å². The van der Waals surface area contributed by atoms with Crippen molar-refractivity contribution >= 4 is 12.1 Å². The van der Waals surface area contributed by atoms with Crippen LogP contribution in [0.5, 0.6) is 0 Å². The molecule has 0 unspecified atom stereocenters. The maximum absolute atomic E-state index is 10.9. The number of amides is 1. The molecule has 1 fully saturated rings. The zero-order chi connectivity index (χ0) is 11.6. The minimum atomic E-state index is -0.335. The van der Waals surface area contributed by atoms with Gasteiger partial charge in [0.1, 0.15) is 6.21 Å². The number of oxime groups is 1. The van der Waals surface area contributed by atoms with Crippen molar-refractivity contribution < 1.29 is 10.0 Å². The molecule has 0 bridgehead atoms. The highest BCUT2D eigenvalue weighted by Gasteiger charge is 2.07. The average molecular weight is 227 g/mol. The van der Waals surface area contributed by atoms with Crippen molar-refractivity contribution in [1.82, 2.24) is 10.2 Å². The van der Waals surface area contributed by atoms with Crippen molar-refractivity contribution in [1.29, 1.82) is 0 Å². The summed E-state index contributed by atoms with van der Waals surface area (Å²) in [4.78, 5) is 13.4. The molecule has 0 aromatic heterocycles. The summed E-state index contributed by atoms with van der Waals surface area (Å²) in [7, 11) is 0. The quantitative estimate of drug-likeness (QED) is 0.316. The molecule has 1 heterocycles. The van der Waals surface area contributed by atoms with Crippen LogP contribution in [-0.4, -0.2) is 48.4 Å². The van der Waals surface area contributed by atoms with Gasteiger partial charge in [-0.2, -0.15) is 0 Å². The fourth-order valence-corrected chi connectivity index (χ4v) is 1.97. The predicted molar refractivity (Wildman–Crippen MR) is 62.8 cm³/mol. The molecule has 0 atom stereocenters. The Balaban J connectivity index is 2.03. The fraction of sp³-hybridized carbons (Fsp3) is 0.818. The number of carbonyl (C=O) groups excluding carboxylic acids is 1. The molecular weight excluding hydrogens is 206 g/mol. The Morgan fingerprint density at radius 2 is 2.00 bits per heavy atom. The number of hydrogen-bond donors (Lipinski definition) is 2. The monoisotopic (exact) mass is 227 g/mol. The number of rotatable bonds is 5. The molecule has 16 heavy (non-hydrogen) atoms. The van der Waals surface area contributed by atoms with Crippen molar-refractivity contribution in [3.63, 3.8) is 0 Å². The van der Waals surface area contributed by atoms with Gasteiger partial charge < -0.3 is 15.4 Å². The highest BCUT2D eigenvalue weighted by Crippen LogP contribution is 2.09. The Morgan fingerprint density at radius 3 is 2.62 bits per heavy atom. The van der Waals surface area contributed by atoms with Crippen LogP contribution < -0.4 is 5.32 Å². The lowest BCUT2D eigenvalue weighted by Gasteiger charge is -2.19. The minimum absolute atomic E-state index is 0.335. The lowest BCUT2D eigenvalue weighted by Crippen LogP contribution is -2.31. The first kappa shape index (κ1) is 13.0. The Labute approximate surface area is 96.5 Å². The van der Waals surface area contributed by atoms with Gasteiger partial charge in [-0.1, -0.05) is 18.0 Å². The summed E-state index contributed by atoms with van der Waals surface area (Å²) in [6, 6.07) is 0. The molecule has 0 aromatic carbocycles. The molecular formula is C11H21N3O2. The van der Waals surface area contributed by atoms with Gasteiger partial charge in [0.05, 0.1) is 0 Å². The van der Waals surface area contributed by atoms with Crippen molar-refractivity contribution in [3.05, 3.63) is 0 Å². The van der Waals surface area contributed by atoms with E-state index in [0.717, 1.165) is 19.2 Å². The maximum Gasteiger partial charge on any atom is 0.265 e. The number of likely N-dealkylation sites (tertiary alicyclic amines) is 1. The predicted octanol–water partition coefficient (Wildman–Crippen LogP) is 0.829. The second kappa shape index (κ2) is 8.10. The molecule has 0 spiro atoms. The molecule has 5 heteroatoms. The van der Waals surface area contributed by atoms with Crippen LogP contribution in [-0.2, 0) is 4.79 Å². The highest BCUT2D eigenvalue weighted by molar-refractivity contribution is 6.25. The van der Waals surface area contributed by atoms with E-state index in [-0.39, 0.29) is 5.91 Å². The van der Waals surface area contributed by atoms with Gasteiger partial charge in [0, 0.05) is 6.54 Å². The van der Waals surface area contributed by atoms with Crippen LogP contribution in [0.4, 0.5) is 0 Å². The van der Waals surface area contributed by atoms with Crippen LogP contribution in [0.15, 0.2) is 5.16 Å².